The van der Waals surface area contributed by atoms with E-state index in [2.05, 4.69) is 23.3 Å². The second-order valence-electron chi connectivity index (χ2n) is 3.54. The number of thiol groups is 1. The lowest BCUT2D eigenvalue weighted by Gasteiger charge is -2.05. The fraction of sp³-hybridized carbons (Fsp3) is 0.333. The van der Waals surface area contributed by atoms with Gasteiger partial charge >= 0.3 is 0 Å². The van der Waals surface area contributed by atoms with Crippen molar-refractivity contribution >= 4 is 24.4 Å². The maximum atomic E-state index is 11.6. The van der Waals surface area contributed by atoms with E-state index in [4.69, 9.17) is 5.11 Å². The van der Waals surface area contributed by atoms with Crippen molar-refractivity contribution in [2.45, 2.75) is 0 Å². The fourth-order valence-electron chi connectivity index (χ4n) is 1.32. The van der Waals surface area contributed by atoms with E-state index in [0.29, 0.717) is 23.4 Å². The van der Waals surface area contributed by atoms with Gasteiger partial charge in [-0.15, -0.1) is 0 Å². The molecule has 2 amide bonds. The molecule has 0 aliphatic carbocycles. The summed E-state index contributed by atoms with van der Waals surface area (Å²) >= 11 is 4.00. The van der Waals surface area contributed by atoms with Gasteiger partial charge in [0.2, 0.25) is 0 Å². The zero-order chi connectivity index (χ0) is 13.4. The summed E-state index contributed by atoms with van der Waals surface area (Å²) in [5.74, 6) is 0.116. The van der Waals surface area contributed by atoms with Gasteiger partial charge < -0.3 is 15.7 Å². The van der Waals surface area contributed by atoms with Crippen LogP contribution in [0.1, 0.15) is 20.7 Å². The number of hydrogen-bond acceptors (Lipinski definition) is 4. The fourth-order valence-corrected chi connectivity index (χ4v) is 1.43. The van der Waals surface area contributed by atoms with E-state index < -0.39 is 0 Å². The van der Waals surface area contributed by atoms with Gasteiger partial charge in [0, 0.05) is 30.0 Å². The summed E-state index contributed by atoms with van der Waals surface area (Å²) in [6, 6.07) is 6.31. The summed E-state index contributed by atoms with van der Waals surface area (Å²) < 4.78 is 0. The number of carbonyl (C=O) groups is 2. The van der Waals surface area contributed by atoms with Crippen LogP contribution < -0.4 is 10.6 Å². The molecule has 5 nitrogen and oxygen atoms in total. The molecular weight excluding hydrogens is 252 g/mol. The number of aliphatic hydroxyl groups excluding tert-OH is 1. The Bertz CT molecular complexity index is 367. The molecule has 18 heavy (non-hydrogen) atoms. The molecule has 3 N–H and O–H groups in total. The van der Waals surface area contributed by atoms with Crippen LogP contribution in [0.25, 0.3) is 0 Å². The van der Waals surface area contributed by atoms with Crippen LogP contribution in [0.5, 0.6) is 0 Å². The minimum absolute atomic E-state index is 0.101. The van der Waals surface area contributed by atoms with Crippen LogP contribution in [0.4, 0.5) is 0 Å². The van der Waals surface area contributed by atoms with Crippen LogP contribution in [0.15, 0.2) is 24.3 Å². The minimum Gasteiger partial charge on any atom is -0.395 e. The highest BCUT2D eigenvalue weighted by atomic mass is 32.1. The van der Waals surface area contributed by atoms with Gasteiger partial charge in [-0.1, -0.05) is 0 Å². The number of carbonyl (C=O) groups excluding carboxylic acids is 2. The first-order valence-electron chi connectivity index (χ1n) is 5.57. The van der Waals surface area contributed by atoms with Crippen LogP contribution in [0.2, 0.25) is 0 Å². The van der Waals surface area contributed by atoms with Crippen LogP contribution in [-0.2, 0) is 0 Å². The molecule has 0 aliphatic rings. The molecule has 0 aromatic heterocycles. The Morgan fingerprint density at radius 3 is 1.83 bits per heavy atom. The third kappa shape index (κ3) is 4.38. The van der Waals surface area contributed by atoms with Crippen LogP contribution in [0.3, 0.4) is 0 Å². The largest absolute Gasteiger partial charge is 0.395 e. The molecule has 6 heteroatoms. The van der Waals surface area contributed by atoms with Crippen molar-refractivity contribution in [1.29, 1.82) is 0 Å². The second-order valence-corrected chi connectivity index (χ2v) is 3.98. The first kappa shape index (κ1) is 14.5. The highest BCUT2D eigenvalue weighted by molar-refractivity contribution is 7.80. The van der Waals surface area contributed by atoms with E-state index in [1.807, 2.05) is 0 Å². The van der Waals surface area contributed by atoms with Crippen molar-refractivity contribution in [1.82, 2.24) is 10.6 Å². The molecule has 0 unspecified atom stereocenters. The van der Waals surface area contributed by atoms with Gasteiger partial charge in [-0.2, -0.15) is 12.6 Å². The van der Waals surface area contributed by atoms with Crippen molar-refractivity contribution in [3.63, 3.8) is 0 Å². The van der Waals surface area contributed by atoms with Gasteiger partial charge in [-0.05, 0) is 24.3 Å². The summed E-state index contributed by atoms with van der Waals surface area (Å²) in [5.41, 5.74) is 0.949. The van der Waals surface area contributed by atoms with E-state index in [9.17, 15) is 9.59 Å². The normalized spacial score (nSPS) is 9.89. The highest BCUT2D eigenvalue weighted by Gasteiger charge is 2.07. The number of aliphatic hydroxyl groups is 1. The van der Waals surface area contributed by atoms with Gasteiger partial charge in [0.05, 0.1) is 6.61 Å². The Kier molecular flexibility index (Phi) is 6.24. The zero-order valence-electron chi connectivity index (χ0n) is 9.85. The van der Waals surface area contributed by atoms with Crippen molar-refractivity contribution in [2.24, 2.45) is 0 Å². The SMILES string of the molecule is O=C(NCCO)c1ccc(C(=O)NCCS)cc1. The molecule has 98 valence electrons. The molecular formula is C12H16N2O3S. The standard InChI is InChI=1S/C12H16N2O3S/c15-7-5-13-11(16)9-1-3-10(4-2-9)12(17)14-6-8-18/h1-4,15,18H,5-8H2,(H,13,16)(H,14,17). The maximum Gasteiger partial charge on any atom is 0.251 e. The Hall–Kier alpha value is -1.53. The van der Waals surface area contributed by atoms with E-state index >= 15 is 0 Å². The van der Waals surface area contributed by atoms with E-state index in [0.717, 1.165) is 0 Å². The van der Waals surface area contributed by atoms with Crippen LogP contribution in [-0.4, -0.2) is 42.4 Å². The molecule has 0 spiro atoms. The average molecular weight is 268 g/mol. The molecule has 0 saturated carbocycles. The molecule has 1 aromatic carbocycles. The molecule has 0 heterocycles. The number of rotatable bonds is 6. The lowest BCUT2D eigenvalue weighted by Crippen LogP contribution is -2.27. The van der Waals surface area contributed by atoms with Crippen molar-refractivity contribution < 1.29 is 14.7 Å². The van der Waals surface area contributed by atoms with Gasteiger partial charge in [0.1, 0.15) is 0 Å². The Morgan fingerprint density at radius 1 is 1.00 bits per heavy atom. The van der Waals surface area contributed by atoms with Gasteiger partial charge in [-0.25, -0.2) is 0 Å². The third-order valence-corrected chi connectivity index (χ3v) is 2.43. The smallest absolute Gasteiger partial charge is 0.251 e. The van der Waals surface area contributed by atoms with Gasteiger partial charge in [0.25, 0.3) is 11.8 Å². The summed E-state index contributed by atoms with van der Waals surface area (Å²) in [7, 11) is 0. The number of hydrogen-bond donors (Lipinski definition) is 4. The summed E-state index contributed by atoms with van der Waals surface area (Å²) in [6.07, 6.45) is 0. The molecule has 0 saturated heterocycles. The van der Waals surface area contributed by atoms with E-state index in [-0.39, 0.29) is 25.0 Å². The first-order chi connectivity index (χ1) is 8.69. The molecule has 0 bridgehead atoms. The lowest BCUT2D eigenvalue weighted by atomic mass is 10.1. The monoisotopic (exact) mass is 268 g/mol. The Labute approximate surface area is 111 Å². The number of benzene rings is 1. The van der Waals surface area contributed by atoms with Crippen molar-refractivity contribution in [3.8, 4) is 0 Å². The lowest BCUT2D eigenvalue weighted by molar-refractivity contribution is 0.0937. The topological polar surface area (TPSA) is 78.4 Å². The zero-order valence-corrected chi connectivity index (χ0v) is 10.7. The second kappa shape index (κ2) is 7.73. The highest BCUT2D eigenvalue weighted by Crippen LogP contribution is 2.04. The first-order valence-corrected chi connectivity index (χ1v) is 6.20. The Balaban J connectivity index is 2.62. The van der Waals surface area contributed by atoms with E-state index in [1.54, 1.807) is 24.3 Å². The minimum atomic E-state index is -0.272. The van der Waals surface area contributed by atoms with Crippen LogP contribution >= 0.6 is 12.6 Å². The van der Waals surface area contributed by atoms with Gasteiger partial charge in [0.15, 0.2) is 0 Å². The number of nitrogens with one attached hydrogen (secondary N) is 2. The predicted octanol–water partition coefficient (Wildman–Crippen LogP) is 0.0683. The van der Waals surface area contributed by atoms with Crippen molar-refractivity contribution in [2.75, 3.05) is 25.4 Å². The average Bonchev–Trinajstić information content (AvgIpc) is 2.42. The molecule has 1 rings (SSSR count). The predicted molar refractivity (Wildman–Crippen MR) is 72.0 cm³/mol. The molecule has 0 atom stereocenters. The summed E-state index contributed by atoms with van der Waals surface area (Å²) in [4.78, 5) is 23.1. The molecule has 1 aromatic rings. The number of amides is 2. The van der Waals surface area contributed by atoms with Crippen LogP contribution in [0, 0.1) is 0 Å². The van der Waals surface area contributed by atoms with E-state index in [1.165, 1.54) is 0 Å². The quantitative estimate of drug-likeness (QED) is 0.551. The van der Waals surface area contributed by atoms with Crippen molar-refractivity contribution in [3.05, 3.63) is 35.4 Å². The molecule has 0 radical (unpaired) electrons. The maximum absolute atomic E-state index is 11.6. The molecule has 0 aliphatic heterocycles. The Morgan fingerprint density at radius 2 is 1.44 bits per heavy atom. The molecule has 0 fully saturated rings. The third-order valence-electron chi connectivity index (χ3n) is 2.20. The summed E-state index contributed by atoms with van der Waals surface area (Å²) in [6.45, 7) is 0.611. The van der Waals surface area contributed by atoms with Gasteiger partial charge in [-0.3, -0.25) is 9.59 Å². The summed E-state index contributed by atoms with van der Waals surface area (Å²) in [5, 5.41) is 13.8.